The van der Waals surface area contributed by atoms with Crippen LogP contribution >= 0.6 is 0 Å². The largest absolute Gasteiger partial charge is 0.494 e. The molecule has 0 fully saturated rings. The smallest absolute Gasteiger partial charge is 0.306 e. The fourth-order valence-electron chi connectivity index (χ4n) is 5.26. The van der Waals surface area contributed by atoms with E-state index in [9.17, 15) is 9.59 Å². The number of aliphatic hydroxyl groups is 1. The number of methoxy groups -OCH3 is 3. The lowest BCUT2D eigenvalue weighted by atomic mass is 9.83. The number of ether oxygens (including phenoxy) is 6. The Labute approximate surface area is 281 Å². The van der Waals surface area contributed by atoms with Crippen molar-refractivity contribution in [2.75, 3.05) is 34.5 Å². The Morgan fingerprint density at radius 1 is 0.958 bits per heavy atom. The molecule has 48 heavy (non-hydrogen) atoms. The van der Waals surface area contributed by atoms with Crippen molar-refractivity contribution in [3.63, 3.8) is 0 Å². The van der Waals surface area contributed by atoms with Crippen molar-refractivity contribution < 1.29 is 43.1 Å². The summed E-state index contributed by atoms with van der Waals surface area (Å²) in [6, 6.07) is 20.0. The normalized spacial score (nSPS) is 17.1. The third kappa shape index (κ3) is 8.96. The van der Waals surface area contributed by atoms with Crippen LogP contribution in [0.3, 0.4) is 0 Å². The zero-order valence-corrected chi connectivity index (χ0v) is 28.3. The van der Waals surface area contributed by atoms with Gasteiger partial charge in [-0.15, -0.1) is 0 Å². The molecule has 0 saturated carbocycles. The van der Waals surface area contributed by atoms with Crippen molar-refractivity contribution in [3.05, 3.63) is 83.4 Å². The summed E-state index contributed by atoms with van der Waals surface area (Å²) < 4.78 is 34.1. The number of rotatable bonds is 16. The maximum Gasteiger partial charge on any atom is 0.306 e. The number of esters is 1. The molecule has 4 rings (SSSR count). The highest BCUT2D eigenvalue weighted by molar-refractivity contribution is 6.01. The number of hydrogen-bond donors (Lipinski definition) is 3. The first-order valence-corrected chi connectivity index (χ1v) is 15.7. The van der Waals surface area contributed by atoms with Crippen LogP contribution in [0, 0.1) is 0 Å². The average molecular weight is 664 g/mol. The Bertz CT molecular complexity index is 1530. The summed E-state index contributed by atoms with van der Waals surface area (Å²) in [6.45, 7) is 5.99. The molecule has 2 atom stereocenters. The molecule has 12 heteroatoms. The van der Waals surface area contributed by atoms with E-state index < -0.39 is 29.1 Å². The molecule has 258 valence electrons. The van der Waals surface area contributed by atoms with Crippen molar-refractivity contribution in [3.8, 4) is 23.0 Å². The Balaban J connectivity index is 1.67. The van der Waals surface area contributed by atoms with Crippen LogP contribution in [0.15, 0.2) is 71.7 Å². The number of nitrogens with zero attached hydrogens (tertiary/aromatic N) is 1. The van der Waals surface area contributed by atoms with Crippen LogP contribution in [-0.2, 0) is 25.6 Å². The predicted molar refractivity (Wildman–Crippen MR) is 179 cm³/mol. The number of benzene rings is 3. The van der Waals surface area contributed by atoms with Crippen LogP contribution < -0.4 is 29.8 Å². The Morgan fingerprint density at radius 2 is 1.62 bits per heavy atom. The molecule has 0 unspecified atom stereocenters. The summed E-state index contributed by atoms with van der Waals surface area (Å²) in [5.74, 6) is 1.31. The number of nitrogens with one attached hydrogen (secondary N) is 2. The van der Waals surface area contributed by atoms with Crippen LogP contribution in [0.25, 0.3) is 0 Å². The van der Waals surface area contributed by atoms with Gasteiger partial charge in [-0.25, -0.2) is 10.4 Å². The summed E-state index contributed by atoms with van der Waals surface area (Å²) in [4.78, 5) is 32.2. The number of carbonyl (C=O) groups excluding carboxylic acids is 2. The van der Waals surface area contributed by atoms with Gasteiger partial charge in [0.05, 0.1) is 27.9 Å². The van der Waals surface area contributed by atoms with Gasteiger partial charge in [0.2, 0.25) is 11.6 Å². The lowest BCUT2D eigenvalue weighted by molar-refractivity contribution is -0.155. The van der Waals surface area contributed by atoms with E-state index in [1.54, 1.807) is 57.2 Å². The topological polar surface area (TPSA) is 146 Å². The summed E-state index contributed by atoms with van der Waals surface area (Å²) >= 11 is 0. The van der Waals surface area contributed by atoms with Crippen LogP contribution in [-0.4, -0.2) is 68.6 Å². The van der Waals surface area contributed by atoms with Gasteiger partial charge in [-0.1, -0.05) is 30.3 Å². The van der Waals surface area contributed by atoms with E-state index in [4.69, 9.17) is 38.5 Å². The zero-order valence-electron chi connectivity index (χ0n) is 28.3. The van der Waals surface area contributed by atoms with Gasteiger partial charge < -0.3 is 33.5 Å². The number of aliphatic imine (C=N–C) groups is 1. The van der Waals surface area contributed by atoms with E-state index in [-0.39, 0.29) is 31.9 Å². The van der Waals surface area contributed by atoms with Crippen molar-refractivity contribution in [1.29, 1.82) is 0 Å². The number of amides is 1. The average Bonchev–Trinajstić information content (AvgIpc) is 3.48. The van der Waals surface area contributed by atoms with Gasteiger partial charge >= 0.3 is 5.97 Å². The van der Waals surface area contributed by atoms with Gasteiger partial charge in [0.15, 0.2) is 23.1 Å². The highest BCUT2D eigenvalue weighted by Crippen LogP contribution is 2.43. The lowest BCUT2D eigenvalue weighted by Gasteiger charge is -2.31. The van der Waals surface area contributed by atoms with Crippen molar-refractivity contribution in [2.45, 2.75) is 63.8 Å². The molecule has 0 spiro atoms. The van der Waals surface area contributed by atoms with Gasteiger partial charge in [0.25, 0.3) is 5.91 Å². The first-order chi connectivity index (χ1) is 23.0. The van der Waals surface area contributed by atoms with Gasteiger partial charge in [-0.3, -0.25) is 15.0 Å². The summed E-state index contributed by atoms with van der Waals surface area (Å²) in [6.07, 6.45) is -0.428. The Hall–Kier alpha value is -4.81. The molecular formula is C36H45N3O9. The molecule has 0 aromatic heterocycles. The molecule has 3 N–H and O–H groups in total. The molecule has 0 radical (unpaired) electrons. The number of hydrogen-bond acceptors (Lipinski definition) is 11. The fraction of sp³-hybridized carbons (Fsp3) is 0.417. The Morgan fingerprint density at radius 3 is 2.21 bits per heavy atom. The second-order valence-electron chi connectivity index (χ2n) is 12.1. The summed E-state index contributed by atoms with van der Waals surface area (Å²) in [5, 5.41) is 9.06. The van der Waals surface area contributed by atoms with Crippen LogP contribution in [0.4, 0.5) is 0 Å². The van der Waals surface area contributed by atoms with Gasteiger partial charge in [-0.2, -0.15) is 0 Å². The molecule has 1 aliphatic heterocycles. The minimum Gasteiger partial charge on any atom is -0.494 e. The second kappa shape index (κ2) is 16.3. The van der Waals surface area contributed by atoms with E-state index in [1.165, 1.54) is 21.3 Å². The van der Waals surface area contributed by atoms with E-state index in [2.05, 4.69) is 10.9 Å². The van der Waals surface area contributed by atoms with E-state index in [1.807, 2.05) is 30.3 Å². The SMILES string of the molecule is COc1cc(CNNC(=O)[C@@]2(CCC(=O)OC(C)(C)C)N=C(c3ccc(OCCCO)cc3)O[C@H]2c2ccccc2)cc(OC)c1OC. The van der Waals surface area contributed by atoms with Crippen LogP contribution in [0.2, 0.25) is 0 Å². The second-order valence-corrected chi connectivity index (χ2v) is 12.1. The highest BCUT2D eigenvalue weighted by atomic mass is 16.6. The molecule has 0 aliphatic carbocycles. The number of hydrazine groups is 1. The molecule has 1 amide bonds. The number of aliphatic hydroxyl groups excluding tert-OH is 1. The predicted octanol–water partition coefficient (Wildman–Crippen LogP) is 4.67. The fourth-order valence-corrected chi connectivity index (χ4v) is 5.26. The van der Waals surface area contributed by atoms with Crippen molar-refractivity contribution >= 4 is 17.8 Å². The van der Waals surface area contributed by atoms with E-state index in [0.29, 0.717) is 47.2 Å². The zero-order chi connectivity index (χ0) is 34.7. The monoisotopic (exact) mass is 663 g/mol. The minimum absolute atomic E-state index is 0.00498. The molecular weight excluding hydrogens is 618 g/mol. The maximum atomic E-state index is 14.3. The first kappa shape index (κ1) is 36.0. The van der Waals surface area contributed by atoms with Crippen LogP contribution in [0.1, 0.15) is 62.8 Å². The Kier molecular flexibility index (Phi) is 12.3. The highest BCUT2D eigenvalue weighted by Gasteiger charge is 2.53. The van der Waals surface area contributed by atoms with Gasteiger partial charge in [0.1, 0.15) is 11.4 Å². The van der Waals surface area contributed by atoms with Crippen LogP contribution in [0.5, 0.6) is 23.0 Å². The van der Waals surface area contributed by atoms with E-state index in [0.717, 1.165) is 5.56 Å². The summed E-state index contributed by atoms with van der Waals surface area (Å²) in [7, 11) is 4.59. The van der Waals surface area contributed by atoms with Gasteiger partial charge in [0, 0.05) is 31.6 Å². The molecule has 3 aromatic rings. The lowest BCUT2D eigenvalue weighted by Crippen LogP contribution is -2.52. The third-order valence-corrected chi connectivity index (χ3v) is 7.48. The number of carbonyl (C=O) groups is 2. The minimum atomic E-state index is -1.55. The van der Waals surface area contributed by atoms with Gasteiger partial charge in [-0.05, 0) is 74.7 Å². The molecule has 12 nitrogen and oxygen atoms in total. The third-order valence-electron chi connectivity index (χ3n) is 7.48. The molecule has 3 aromatic carbocycles. The van der Waals surface area contributed by atoms with Crippen molar-refractivity contribution in [1.82, 2.24) is 10.9 Å². The molecule has 0 bridgehead atoms. The summed E-state index contributed by atoms with van der Waals surface area (Å²) in [5.41, 5.74) is 5.66. The standard InChI is InChI=1S/C36H45N3O9/c1-35(2,3)48-30(41)17-18-36(34(42)39-37-23-24-21-28(43-4)31(45-6)29(22-24)44-5)32(25-11-8-7-9-12-25)47-33(38-36)26-13-15-27(16-14-26)46-20-10-19-40/h7-9,11-16,21-22,32,37,40H,10,17-20,23H2,1-6H3,(H,39,42)/t32-,36-/m0/s1. The first-order valence-electron chi connectivity index (χ1n) is 15.7. The molecule has 1 aliphatic rings. The van der Waals surface area contributed by atoms with Crippen molar-refractivity contribution in [2.24, 2.45) is 4.99 Å². The molecule has 1 heterocycles. The van der Waals surface area contributed by atoms with E-state index >= 15 is 0 Å². The molecule has 0 saturated heterocycles. The quantitative estimate of drug-likeness (QED) is 0.112. The maximum absolute atomic E-state index is 14.3.